The molecule has 0 aromatic carbocycles. The van der Waals surface area contributed by atoms with Crippen LogP contribution in [-0.4, -0.2) is 62.5 Å². The van der Waals surface area contributed by atoms with Gasteiger partial charge in [-0.05, 0) is 33.3 Å². The molecule has 0 radical (unpaired) electrons. The Kier molecular flexibility index (Phi) is 8.05. The standard InChI is InChI=1S/C14H26O7/c1-5-6-9(21-13(20)14(2,3)4)11(18)12(19)10(17)8(16)7-15/h6,8,10-12,15-19H,5,7H2,1-4H3/t8-,10-,11-,12+/m1/s1. The third-order valence-corrected chi connectivity index (χ3v) is 2.77. The lowest BCUT2D eigenvalue weighted by atomic mass is 9.97. The molecule has 0 aromatic rings. The molecule has 0 aliphatic heterocycles. The van der Waals surface area contributed by atoms with E-state index in [0.717, 1.165) is 0 Å². The van der Waals surface area contributed by atoms with Gasteiger partial charge in [-0.15, -0.1) is 0 Å². The van der Waals surface area contributed by atoms with Crippen LogP contribution in [0.15, 0.2) is 11.8 Å². The van der Waals surface area contributed by atoms with Crippen LogP contribution in [0.25, 0.3) is 0 Å². The van der Waals surface area contributed by atoms with E-state index in [-0.39, 0.29) is 5.76 Å². The van der Waals surface area contributed by atoms with Crippen molar-refractivity contribution < 1.29 is 35.1 Å². The highest BCUT2D eigenvalue weighted by Crippen LogP contribution is 2.21. The molecule has 0 saturated carbocycles. The van der Waals surface area contributed by atoms with Gasteiger partial charge >= 0.3 is 5.97 Å². The van der Waals surface area contributed by atoms with Crippen LogP contribution < -0.4 is 0 Å². The second-order valence-corrected chi connectivity index (χ2v) is 5.83. The number of hydrogen-bond acceptors (Lipinski definition) is 7. The summed E-state index contributed by atoms with van der Waals surface area (Å²) in [6, 6.07) is 0. The van der Waals surface area contributed by atoms with Crippen molar-refractivity contribution in [2.75, 3.05) is 6.61 Å². The van der Waals surface area contributed by atoms with Gasteiger partial charge in [0, 0.05) is 0 Å². The van der Waals surface area contributed by atoms with Crippen molar-refractivity contribution in [3.63, 3.8) is 0 Å². The minimum absolute atomic E-state index is 0.200. The molecule has 0 spiro atoms. The minimum atomic E-state index is -1.81. The van der Waals surface area contributed by atoms with Gasteiger partial charge in [-0.1, -0.05) is 6.92 Å². The number of allylic oxidation sites excluding steroid dienone is 1. The van der Waals surface area contributed by atoms with Gasteiger partial charge < -0.3 is 30.3 Å². The van der Waals surface area contributed by atoms with Crippen molar-refractivity contribution in [3.8, 4) is 0 Å². The van der Waals surface area contributed by atoms with Gasteiger partial charge in [-0.25, -0.2) is 0 Å². The van der Waals surface area contributed by atoms with Crippen molar-refractivity contribution in [1.29, 1.82) is 0 Å². The molecule has 5 N–H and O–H groups in total. The molecule has 7 nitrogen and oxygen atoms in total. The van der Waals surface area contributed by atoms with Crippen LogP contribution in [0.5, 0.6) is 0 Å². The highest BCUT2D eigenvalue weighted by atomic mass is 16.6. The molecule has 0 aliphatic carbocycles. The Morgan fingerprint density at radius 1 is 1.14 bits per heavy atom. The first-order valence-electron chi connectivity index (χ1n) is 6.81. The number of esters is 1. The van der Waals surface area contributed by atoms with Gasteiger partial charge in [0.25, 0.3) is 0 Å². The van der Waals surface area contributed by atoms with E-state index < -0.39 is 42.4 Å². The summed E-state index contributed by atoms with van der Waals surface area (Å²) in [6.45, 7) is 5.85. The molecule has 0 unspecified atom stereocenters. The maximum atomic E-state index is 11.8. The molecule has 0 rings (SSSR count). The fourth-order valence-corrected chi connectivity index (χ4v) is 1.37. The molecule has 4 atom stereocenters. The van der Waals surface area contributed by atoms with Gasteiger partial charge in [-0.2, -0.15) is 0 Å². The van der Waals surface area contributed by atoms with Crippen LogP contribution in [-0.2, 0) is 9.53 Å². The van der Waals surface area contributed by atoms with Gasteiger partial charge in [0.15, 0.2) is 0 Å². The molecular formula is C14H26O7. The third-order valence-electron chi connectivity index (χ3n) is 2.77. The van der Waals surface area contributed by atoms with Crippen LogP contribution in [0.1, 0.15) is 34.1 Å². The van der Waals surface area contributed by atoms with Gasteiger partial charge in [0.2, 0.25) is 0 Å². The largest absolute Gasteiger partial charge is 0.428 e. The average Bonchev–Trinajstić information content (AvgIpc) is 2.42. The molecule has 0 bridgehead atoms. The van der Waals surface area contributed by atoms with Crippen LogP contribution in [0.4, 0.5) is 0 Å². The number of aliphatic hydroxyl groups is 5. The lowest BCUT2D eigenvalue weighted by molar-refractivity contribution is -0.154. The zero-order chi connectivity index (χ0) is 16.8. The highest BCUT2D eigenvalue weighted by Gasteiger charge is 2.35. The first kappa shape index (κ1) is 20.0. The monoisotopic (exact) mass is 306 g/mol. The van der Waals surface area contributed by atoms with E-state index in [1.54, 1.807) is 27.7 Å². The Bertz CT molecular complexity index is 359. The average molecular weight is 306 g/mol. The molecule has 21 heavy (non-hydrogen) atoms. The van der Waals surface area contributed by atoms with Gasteiger partial charge in [0.05, 0.1) is 12.0 Å². The topological polar surface area (TPSA) is 127 Å². The molecule has 0 saturated heterocycles. The highest BCUT2D eigenvalue weighted by molar-refractivity contribution is 5.76. The predicted octanol–water partition coefficient (Wildman–Crippen LogP) is -0.694. The number of rotatable bonds is 7. The van der Waals surface area contributed by atoms with E-state index in [4.69, 9.17) is 9.84 Å². The molecule has 124 valence electrons. The fraction of sp³-hybridized carbons (Fsp3) is 0.786. The lowest BCUT2D eigenvalue weighted by Crippen LogP contribution is -2.47. The van der Waals surface area contributed by atoms with Crippen LogP contribution in [0.3, 0.4) is 0 Å². The van der Waals surface area contributed by atoms with Crippen molar-refractivity contribution >= 4 is 5.97 Å². The Labute approximate surface area is 124 Å². The molecular weight excluding hydrogens is 280 g/mol. The smallest absolute Gasteiger partial charge is 0.316 e. The van der Waals surface area contributed by atoms with Crippen LogP contribution in [0, 0.1) is 5.41 Å². The van der Waals surface area contributed by atoms with Gasteiger partial charge in [0.1, 0.15) is 30.2 Å². The molecule has 0 amide bonds. The summed E-state index contributed by atoms with van der Waals surface area (Å²) in [6.07, 6.45) is -5.08. The summed E-state index contributed by atoms with van der Waals surface area (Å²) in [5.74, 6) is -0.806. The summed E-state index contributed by atoms with van der Waals surface area (Å²) >= 11 is 0. The van der Waals surface area contributed by atoms with E-state index >= 15 is 0 Å². The maximum absolute atomic E-state index is 11.8. The zero-order valence-electron chi connectivity index (χ0n) is 12.9. The Morgan fingerprint density at radius 3 is 2.05 bits per heavy atom. The van der Waals surface area contributed by atoms with E-state index in [2.05, 4.69) is 0 Å². The van der Waals surface area contributed by atoms with E-state index in [9.17, 15) is 25.2 Å². The van der Waals surface area contributed by atoms with Crippen molar-refractivity contribution in [1.82, 2.24) is 0 Å². The molecule has 0 heterocycles. The number of aliphatic hydroxyl groups excluding tert-OH is 5. The quantitative estimate of drug-likeness (QED) is 0.311. The lowest BCUT2D eigenvalue weighted by Gasteiger charge is -2.28. The van der Waals surface area contributed by atoms with E-state index in [1.165, 1.54) is 6.08 Å². The first-order valence-corrected chi connectivity index (χ1v) is 6.81. The zero-order valence-corrected chi connectivity index (χ0v) is 12.9. The summed E-state index contributed by atoms with van der Waals surface area (Å²) in [4.78, 5) is 11.8. The summed E-state index contributed by atoms with van der Waals surface area (Å²) in [7, 11) is 0. The fourth-order valence-electron chi connectivity index (χ4n) is 1.37. The van der Waals surface area contributed by atoms with Crippen molar-refractivity contribution in [2.24, 2.45) is 5.41 Å². The number of carbonyl (C=O) groups is 1. The molecule has 7 heteroatoms. The van der Waals surface area contributed by atoms with Gasteiger partial charge in [-0.3, -0.25) is 4.79 Å². The van der Waals surface area contributed by atoms with Crippen molar-refractivity contribution in [3.05, 3.63) is 11.8 Å². The summed E-state index contributed by atoms with van der Waals surface area (Å²) in [5.41, 5.74) is -0.805. The second-order valence-electron chi connectivity index (χ2n) is 5.83. The Morgan fingerprint density at radius 2 is 1.67 bits per heavy atom. The third kappa shape index (κ3) is 6.11. The second kappa shape index (κ2) is 8.45. The first-order chi connectivity index (χ1) is 9.56. The SMILES string of the molecule is CCC=C(OC(=O)C(C)(C)C)[C@@H](O)[C@@H](O)[C@H](O)[C@H](O)CO. The van der Waals surface area contributed by atoms with Crippen LogP contribution in [0.2, 0.25) is 0 Å². The van der Waals surface area contributed by atoms with Crippen LogP contribution >= 0.6 is 0 Å². The Balaban J connectivity index is 5.05. The number of hydrogen-bond donors (Lipinski definition) is 5. The van der Waals surface area contributed by atoms with E-state index in [1.807, 2.05) is 0 Å². The van der Waals surface area contributed by atoms with Crippen molar-refractivity contribution in [2.45, 2.75) is 58.5 Å². The summed E-state index contributed by atoms with van der Waals surface area (Å²) < 4.78 is 5.06. The molecule has 0 aromatic heterocycles. The maximum Gasteiger partial charge on any atom is 0.316 e. The predicted molar refractivity (Wildman–Crippen MR) is 75.0 cm³/mol. The van der Waals surface area contributed by atoms with E-state index in [0.29, 0.717) is 6.42 Å². The molecule has 0 aliphatic rings. The summed E-state index contributed by atoms with van der Waals surface area (Å²) in [5, 5.41) is 47.4. The number of ether oxygens (including phenoxy) is 1. The number of carbonyl (C=O) groups excluding carboxylic acids is 1. The normalized spacial score (nSPS) is 18.8. The minimum Gasteiger partial charge on any atom is -0.428 e. The molecule has 0 fully saturated rings. The Hall–Kier alpha value is -0.990.